The molecule has 0 aromatic heterocycles. The van der Waals surface area contributed by atoms with Crippen LogP contribution in [0.2, 0.25) is 0 Å². The quantitative estimate of drug-likeness (QED) is 0.766. The minimum Gasteiger partial charge on any atom is -0.497 e. The maximum absolute atomic E-state index is 12.5. The van der Waals surface area contributed by atoms with E-state index in [4.69, 9.17) is 14.2 Å². The molecule has 1 fully saturated rings. The van der Waals surface area contributed by atoms with E-state index in [-0.39, 0.29) is 5.78 Å². The summed E-state index contributed by atoms with van der Waals surface area (Å²) in [5, 5.41) is 0. The molecule has 0 saturated carbocycles. The van der Waals surface area contributed by atoms with Crippen molar-refractivity contribution in [2.24, 2.45) is 0 Å². The number of ether oxygens (including phenoxy) is 3. The molecule has 1 aromatic rings. The van der Waals surface area contributed by atoms with Crippen LogP contribution in [-0.2, 0) is 4.74 Å². The molecule has 5 nitrogen and oxygen atoms in total. The lowest BCUT2D eigenvalue weighted by Crippen LogP contribution is -2.44. The van der Waals surface area contributed by atoms with E-state index in [2.05, 4.69) is 4.90 Å². The van der Waals surface area contributed by atoms with Crippen LogP contribution in [0, 0.1) is 0 Å². The summed E-state index contributed by atoms with van der Waals surface area (Å²) in [6.45, 7) is 2.01. The number of rotatable bonds is 4. The second-order valence-electron chi connectivity index (χ2n) is 4.55. The summed E-state index contributed by atoms with van der Waals surface area (Å²) in [6, 6.07) is 5.20. The van der Waals surface area contributed by atoms with Gasteiger partial charge in [-0.2, -0.15) is 0 Å². The standard InChI is InChI=1S/C14H19NO4/c1-15-6-7-19-13(9-15)14(16)11-8-10(17-2)4-5-12(11)18-3/h4-5,8,13H,6-7,9H2,1-3H3. The summed E-state index contributed by atoms with van der Waals surface area (Å²) in [4.78, 5) is 14.6. The van der Waals surface area contributed by atoms with Crippen molar-refractivity contribution < 1.29 is 19.0 Å². The summed E-state index contributed by atoms with van der Waals surface area (Å²) >= 11 is 0. The minimum absolute atomic E-state index is 0.0673. The number of morpholine rings is 1. The van der Waals surface area contributed by atoms with Gasteiger partial charge in [0.25, 0.3) is 0 Å². The number of Topliss-reactive ketones (excluding diaryl/α,β-unsaturated/α-hetero) is 1. The first-order valence-corrected chi connectivity index (χ1v) is 6.22. The molecular weight excluding hydrogens is 246 g/mol. The lowest BCUT2D eigenvalue weighted by atomic mass is 10.0. The monoisotopic (exact) mass is 265 g/mol. The van der Waals surface area contributed by atoms with Gasteiger partial charge in [0.1, 0.15) is 17.6 Å². The van der Waals surface area contributed by atoms with E-state index in [1.165, 1.54) is 0 Å². The molecule has 19 heavy (non-hydrogen) atoms. The van der Waals surface area contributed by atoms with Gasteiger partial charge in [0, 0.05) is 13.1 Å². The summed E-state index contributed by atoms with van der Waals surface area (Å²) in [6.07, 6.45) is -0.445. The summed E-state index contributed by atoms with van der Waals surface area (Å²) in [7, 11) is 5.10. The van der Waals surface area contributed by atoms with Crippen molar-refractivity contribution in [2.45, 2.75) is 6.10 Å². The predicted octanol–water partition coefficient (Wildman–Crippen LogP) is 1.22. The van der Waals surface area contributed by atoms with Crippen LogP contribution in [0.1, 0.15) is 10.4 Å². The van der Waals surface area contributed by atoms with Gasteiger partial charge in [0.05, 0.1) is 26.4 Å². The van der Waals surface area contributed by atoms with Crippen molar-refractivity contribution in [1.82, 2.24) is 4.90 Å². The van der Waals surface area contributed by atoms with E-state index >= 15 is 0 Å². The van der Waals surface area contributed by atoms with E-state index < -0.39 is 6.10 Å². The van der Waals surface area contributed by atoms with Crippen LogP contribution in [0.3, 0.4) is 0 Å². The van der Waals surface area contributed by atoms with Crippen molar-refractivity contribution in [1.29, 1.82) is 0 Å². The lowest BCUT2D eigenvalue weighted by molar-refractivity contribution is -0.00876. The molecule has 0 aliphatic carbocycles. The normalized spacial score (nSPS) is 20.1. The highest BCUT2D eigenvalue weighted by Gasteiger charge is 2.28. The van der Waals surface area contributed by atoms with E-state index in [0.29, 0.717) is 30.2 Å². The predicted molar refractivity (Wildman–Crippen MR) is 71.1 cm³/mol. The molecule has 1 aliphatic heterocycles. The molecule has 1 saturated heterocycles. The molecular formula is C14H19NO4. The van der Waals surface area contributed by atoms with Crippen molar-refractivity contribution in [3.8, 4) is 11.5 Å². The van der Waals surface area contributed by atoms with Gasteiger partial charge in [-0.3, -0.25) is 4.79 Å². The van der Waals surface area contributed by atoms with Gasteiger partial charge in [-0.05, 0) is 25.2 Å². The molecule has 1 aromatic carbocycles. The second-order valence-corrected chi connectivity index (χ2v) is 4.55. The topological polar surface area (TPSA) is 48.0 Å². The van der Waals surface area contributed by atoms with Crippen LogP contribution in [0.5, 0.6) is 11.5 Å². The number of benzene rings is 1. The maximum Gasteiger partial charge on any atom is 0.196 e. The Balaban J connectivity index is 2.26. The van der Waals surface area contributed by atoms with Crippen LogP contribution >= 0.6 is 0 Å². The molecule has 104 valence electrons. The van der Waals surface area contributed by atoms with Crippen LogP contribution < -0.4 is 9.47 Å². The Morgan fingerprint density at radius 1 is 1.37 bits per heavy atom. The Kier molecular flexibility index (Phi) is 4.39. The van der Waals surface area contributed by atoms with Gasteiger partial charge in [0.15, 0.2) is 5.78 Å². The second kappa shape index (κ2) is 6.04. The van der Waals surface area contributed by atoms with Crippen LogP contribution in [-0.4, -0.2) is 57.8 Å². The summed E-state index contributed by atoms with van der Waals surface area (Å²) in [5.74, 6) is 1.11. The molecule has 0 amide bonds. The number of nitrogens with zero attached hydrogens (tertiary/aromatic N) is 1. The number of hydrogen-bond acceptors (Lipinski definition) is 5. The minimum atomic E-state index is -0.445. The first-order valence-electron chi connectivity index (χ1n) is 6.22. The number of methoxy groups -OCH3 is 2. The molecule has 0 bridgehead atoms. The Morgan fingerprint density at radius 3 is 2.79 bits per heavy atom. The van der Waals surface area contributed by atoms with Gasteiger partial charge in [-0.15, -0.1) is 0 Å². The van der Waals surface area contributed by atoms with E-state index in [9.17, 15) is 4.79 Å². The number of carbonyl (C=O) groups excluding carboxylic acids is 1. The van der Waals surface area contributed by atoms with Crippen molar-refractivity contribution in [3.05, 3.63) is 23.8 Å². The number of hydrogen-bond donors (Lipinski definition) is 0. The van der Waals surface area contributed by atoms with E-state index in [0.717, 1.165) is 6.54 Å². The van der Waals surface area contributed by atoms with Crippen LogP contribution in [0.25, 0.3) is 0 Å². The molecule has 1 atom stereocenters. The maximum atomic E-state index is 12.5. The van der Waals surface area contributed by atoms with Gasteiger partial charge in [-0.1, -0.05) is 0 Å². The fourth-order valence-electron chi connectivity index (χ4n) is 2.12. The Morgan fingerprint density at radius 2 is 2.16 bits per heavy atom. The smallest absolute Gasteiger partial charge is 0.196 e. The molecule has 1 unspecified atom stereocenters. The van der Waals surface area contributed by atoms with Crippen LogP contribution in [0.4, 0.5) is 0 Å². The Bertz CT molecular complexity index is 461. The van der Waals surface area contributed by atoms with Crippen molar-refractivity contribution >= 4 is 5.78 Å². The first-order chi connectivity index (χ1) is 9.15. The zero-order chi connectivity index (χ0) is 13.8. The third-order valence-electron chi connectivity index (χ3n) is 3.23. The van der Waals surface area contributed by atoms with Crippen LogP contribution in [0.15, 0.2) is 18.2 Å². The molecule has 1 heterocycles. The highest BCUT2D eigenvalue weighted by atomic mass is 16.5. The van der Waals surface area contributed by atoms with Crippen molar-refractivity contribution in [2.75, 3.05) is 41.0 Å². The number of ketones is 1. The van der Waals surface area contributed by atoms with E-state index in [1.54, 1.807) is 32.4 Å². The van der Waals surface area contributed by atoms with Gasteiger partial charge in [-0.25, -0.2) is 0 Å². The zero-order valence-corrected chi connectivity index (χ0v) is 11.5. The Hall–Kier alpha value is -1.59. The summed E-state index contributed by atoms with van der Waals surface area (Å²) < 4.78 is 15.9. The molecule has 1 aliphatic rings. The van der Waals surface area contributed by atoms with Gasteiger partial charge >= 0.3 is 0 Å². The highest BCUT2D eigenvalue weighted by molar-refractivity contribution is 6.02. The fraction of sp³-hybridized carbons (Fsp3) is 0.500. The van der Waals surface area contributed by atoms with E-state index in [1.807, 2.05) is 7.05 Å². The summed E-state index contributed by atoms with van der Waals surface area (Å²) in [5.41, 5.74) is 0.502. The average Bonchev–Trinajstić information content (AvgIpc) is 2.45. The Labute approximate surface area is 113 Å². The molecule has 0 N–H and O–H groups in total. The fourth-order valence-corrected chi connectivity index (χ4v) is 2.12. The highest BCUT2D eigenvalue weighted by Crippen LogP contribution is 2.26. The number of carbonyl (C=O) groups is 1. The third kappa shape index (κ3) is 3.05. The lowest BCUT2D eigenvalue weighted by Gasteiger charge is -2.29. The molecule has 0 radical (unpaired) electrons. The third-order valence-corrected chi connectivity index (χ3v) is 3.23. The SMILES string of the molecule is COc1ccc(OC)c(C(=O)C2CN(C)CCO2)c1. The average molecular weight is 265 g/mol. The van der Waals surface area contributed by atoms with Gasteiger partial charge < -0.3 is 19.1 Å². The molecule has 5 heteroatoms. The number of likely N-dealkylation sites (N-methyl/N-ethyl adjacent to an activating group) is 1. The largest absolute Gasteiger partial charge is 0.497 e. The first kappa shape index (κ1) is 13.8. The van der Waals surface area contributed by atoms with Gasteiger partial charge in [0.2, 0.25) is 0 Å². The molecule has 0 spiro atoms. The zero-order valence-electron chi connectivity index (χ0n) is 11.5. The molecule has 2 rings (SSSR count). The van der Waals surface area contributed by atoms with Crippen molar-refractivity contribution in [3.63, 3.8) is 0 Å².